The van der Waals surface area contributed by atoms with Crippen LogP contribution in [0.25, 0.3) is 11.0 Å². The Morgan fingerprint density at radius 3 is 2.72 bits per heavy atom. The van der Waals surface area contributed by atoms with E-state index in [2.05, 4.69) is 50.6 Å². The van der Waals surface area contributed by atoms with E-state index in [1.807, 2.05) is 54.6 Å². The third kappa shape index (κ3) is 7.96. The first kappa shape index (κ1) is 28.4. The molecular weight excluding hydrogens is 554 g/mol. The molecule has 204 valence electrons. The molecule has 0 radical (unpaired) electrons. The lowest BCUT2D eigenvalue weighted by Crippen LogP contribution is -2.24. The minimum Gasteiger partial charge on any atom is -0.493 e. The number of methoxy groups -OCH3 is 1. The Labute approximate surface area is 239 Å². The van der Waals surface area contributed by atoms with Crippen molar-refractivity contribution in [2.24, 2.45) is 0 Å². The summed E-state index contributed by atoms with van der Waals surface area (Å²) in [5.74, 6) is 2.57. The highest BCUT2D eigenvalue weighted by Crippen LogP contribution is 2.28. The minimum atomic E-state index is -0.0364. The van der Waals surface area contributed by atoms with Gasteiger partial charge in [-0.15, -0.1) is 6.58 Å². The highest BCUT2D eigenvalue weighted by atomic mass is 79.9. The molecule has 0 saturated carbocycles. The first-order valence-electron chi connectivity index (χ1n) is 13.5. The Morgan fingerprint density at radius 2 is 1.90 bits per heavy atom. The number of nitrogens with zero attached hydrogens (tertiary/aromatic N) is 2. The molecule has 7 heteroatoms. The summed E-state index contributed by atoms with van der Waals surface area (Å²) in [6, 6.07) is 21.8. The van der Waals surface area contributed by atoms with Crippen molar-refractivity contribution in [1.82, 2.24) is 14.9 Å². The van der Waals surface area contributed by atoms with Gasteiger partial charge in [0.1, 0.15) is 5.82 Å². The Kier molecular flexibility index (Phi) is 10.6. The number of halogens is 1. The molecule has 1 aromatic heterocycles. The third-order valence-electron chi connectivity index (χ3n) is 6.57. The monoisotopic (exact) mass is 589 g/mol. The number of para-hydroxylation sites is 2. The number of unbranched alkanes of at least 4 members (excludes halogenated alkanes) is 2. The second-order valence-electron chi connectivity index (χ2n) is 9.43. The number of amides is 1. The van der Waals surface area contributed by atoms with Crippen molar-refractivity contribution < 1.29 is 14.3 Å². The highest BCUT2D eigenvalue weighted by Gasteiger charge is 2.11. The molecule has 1 amide bonds. The van der Waals surface area contributed by atoms with E-state index >= 15 is 0 Å². The number of carbonyl (C=O) groups is 1. The fourth-order valence-electron chi connectivity index (χ4n) is 4.61. The molecule has 0 aliphatic rings. The topological polar surface area (TPSA) is 65.4 Å². The van der Waals surface area contributed by atoms with Crippen LogP contribution in [0, 0.1) is 0 Å². The van der Waals surface area contributed by atoms with Crippen LogP contribution >= 0.6 is 15.9 Å². The number of rotatable bonds is 15. The summed E-state index contributed by atoms with van der Waals surface area (Å²) >= 11 is 3.41. The number of hydrogen-bond acceptors (Lipinski definition) is 4. The van der Waals surface area contributed by atoms with E-state index < -0.39 is 0 Å². The van der Waals surface area contributed by atoms with E-state index in [0.717, 1.165) is 83.5 Å². The normalized spacial score (nSPS) is 10.9. The Morgan fingerprint density at radius 1 is 1.03 bits per heavy atom. The number of benzene rings is 3. The predicted octanol–water partition coefficient (Wildman–Crippen LogP) is 7.15. The van der Waals surface area contributed by atoms with Crippen molar-refractivity contribution in [1.29, 1.82) is 0 Å². The first-order valence-corrected chi connectivity index (χ1v) is 14.3. The van der Waals surface area contributed by atoms with Gasteiger partial charge >= 0.3 is 0 Å². The van der Waals surface area contributed by atoms with Crippen molar-refractivity contribution in [2.75, 3.05) is 20.3 Å². The van der Waals surface area contributed by atoms with Gasteiger partial charge in [-0.05, 0) is 73.7 Å². The molecule has 4 aromatic rings. The predicted molar refractivity (Wildman–Crippen MR) is 161 cm³/mol. The van der Waals surface area contributed by atoms with Gasteiger partial charge in [0.25, 0.3) is 5.91 Å². The zero-order chi connectivity index (χ0) is 27.5. The van der Waals surface area contributed by atoms with Crippen molar-refractivity contribution in [2.45, 2.75) is 45.1 Å². The van der Waals surface area contributed by atoms with E-state index in [9.17, 15) is 4.79 Å². The maximum absolute atomic E-state index is 12.3. The molecule has 1 N–H and O–H groups in total. The van der Waals surface area contributed by atoms with Gasteiger partial charge in [0.05, 0.1) is 24.8 Å². The average Bonchev–Trinajstić information content (AvgIpc) is 3.30. The van der Waals surface area contributed by atoms with Gasteiger partial charge in [0.15, 0.2) is 11.5 Å². The maximum Gasteiger partial charge on any atom is 0.251 e. The van der Waals surface area contributed by atoms with E-state index in [0.29, 0.717) is 18.7 Å². The first-order chi connectivity index (χ1) is 19.1. The number of carbonyl (C=O) groups excluding carboxylic acids is 1. The van der Waals surface area contributed by atoms with Crippen LogP contribution in [0.3, 0.4) is 0 Å². The number of ether oxygens (including phenoxy) is 2. The van der Waals surface area contributed by atoms with Crippen LogP contribution in [-0.4, -0.2) is 35.7 Å². The van der Waals surface area contributed by atoms with Crippen molar-refractivity contribution in [3.8, 4) is 11.5 Å². The van der Waals surface area contributed by atoms with Crippen LogP contribution < -0.4 is 14.8 Å². The highest BCUT2D eigenvalue weighted by molar-refractivity contribution is 9.10. The van der Waals surface area contributed by atoms with Crippen molar-refractivity contribution in [3.05, 3.63) is 101 Å². The van der Waals surface area contributed by atoms with Crippen molar-refractivity contribution >= 4 is 32.9 Å². The van der Waals surface area contributed by atoms with Crippen LogP contribution in [-0.2, 0) is 19.4 Å². The number of nitrogens with one attached hydrogen (secondary N) is 1. The molecular formula is C32H36BrN3O3. The van der Waals surface area contributed by atoms with Gasteiger partial charge in [-0.2, -0.15) is 0 Å². The average molecular weight is 591 g/mol. The smallest absolute Gasteiger partial charge is 0.251 e. The summed E-state index contributed by atoms with van der Waals surface area (Å²) in [4.78, 5) is 17.2. The quantitative estimate of drug-likeness (QED) is 0.118. The zero-order valence-corrected chi connectivity index (χ0v) is 24.1. The molecule has 6 nitrogen and oxygen atoms in total. The van der Waals surface area contributed by atoms with E-state index in [1.165, 1.54) is 0 Å². The number of fused-ring (bicyclic) bond motifs is 1. The fourth-order valence-corrected chi connectivity index (χ4v) is 5.01. The molecule has 0 bridgehead atoms. The number of imidazole rings is 1. The van der Waals surface area contributed by atoms with Crippen LogP contribution in [0.5, 0.6) is 11.5 Å². The Balaban J connectivity index is 1.26. The van der Waals surface area contributed by atoms with Crippen LogP contribution in [0.4, 0.5) is 0 Å². The molecule has 0 unspecified atom stereocenters. The molecule has 0 atom stereocenters. The number of aromatic nitrogens is 2. The summed E-state index contributed by atoms with van der Waals surface area (Å²) in [5.41, 5.74) is 4.00. The van der Waals surface area contributed by atoms with Gasteiger partial charge in [-0.25, -0.2) is 4.98 Å². The summed E-state index contributed by atoms with van der Waals surface area (Å²) in [5, 5.41) is 3.02. The number of allylic oxidation sites excluding steroid dienone is 1. The van der Waals surface area contributed by atoms with Gasteiger partial charge in [0.2, 0.25) is 0 Å². The lowest BCUT2D eigenvalue weighted by molar-refractivity contribution is 0.0953. The molecule has 39 heavy (non-hydrogen) atoms. The molecule has 3 aromatic carbocycles. The summed E-state index contributed by atoms with van der Waals surface area (Å²) in [6.07, 6.45) is 7.40. The van der Waals surface area contributed by atoms with E-state index in [4.69, 9.17) is 14.5 Å². The van der Waals surface area contributed by atoms with E-state index in [1.54, 1.807) is 7.11 Å². The number of hydrogen-bond donors (Lipinski definition) is 1. The summed E-state index contributed by atoms with van der Waals surface area (Å²) in [7, 11) is 1.67. The SMILES string of the molecule is C=CCc1ccc(OCCCn2c(CCCCCNC(=O)c3cccc(Br)c3)nc3ccccc32)c(OC)c1. The lowest BCUT2D eigenvalue weighted by Gasteiger charge is -2.13. The van der Waals surface area contributed by atoms with Gasteiger partial charge in [-0.1, -0.05) is 52.7 Å². The molecule has 0 fully saturated rings. The standard InChI is InChI=1S/C32H36BrN3O3/c1-3-11-24-17-18-29(30(22-24)38-2)39-21-10-20-36-28-15-7-6-14-27(28)35-31(36)16-5-4-8-19-34-32(37)25-12-9-13-26(33)23-25/h3,6-7,9,12-15,17-18,22-23H,1,4-5,8,10-11,16,19-21H2,2H3,(H,34,37). The Bertz CT molecular complexity index is 1400. The second kappa shape index (κ2) is 14.5. The largest absolute Gasteiger partial charge is 0.493 e. The molecule has 1 heterocycles. The molecule has 0 aliphatic carbocycles. The molecule has 0 saturated heterocycles. The van der Waals surface area contributed by atoms with Crippen molar-refractivity contribution in [3.63, 3.8) is 0 Å². The van der Waals surface area contributed by atoms with Crippen LogP contribution in [0.1, 0.15) is 47.4 Å². The minimum absolute atomic E-state index is 0.0364. The molecule has 0 aliphatic heterocycles. The lowest BCUT2D eigenvalue weighted by atomic mass is 10.1. The van der Waals surface area contributed by atoms with Gasteiger partial charge in [-0.3, -0.25) is 4.79 Å². The van der Waals surface area contributed by atoms with Gasteiger partial charge < -0.3 is 19.4 Å². The van der Waals surface area contributed by atoms with E-state index in [-0.39, 0.29) is 5.91 Å². The zero-order valence-electron chi connectivity index (χ0n) is 22.5. The maximum atomic E-state index is 12.3. The third-order valence-corrected chi connectivity index (χ3v) is 7.07. The summed E-state index contributed by atoms with van der Waals surface area (Å²) < 4.78 is 14.8. The van der Waals surface area contributed by atoms with Gasteiger partial charge in [0, 0.05) is 29.5 Å². The van der Waals surface area contributed by atoms with Crippen LogP contribution in [0.2, 0.25) is 0 Å². The Hall–Kier alpha value is -3.58. The number of aryl methyl sites for hydroxylation is 2. The second-order valence-corrected chi connectivity index (χ2v) is 10.3. The fraction of sp³-hybridized carbons (Fsp3) is 0.312. The summed E-state index contributed by atoms with van der Waals surface area (Å²) in [6.45, 7) is 5.88. The molecule has 4 rings (SSSR count). The molecule has 0 spiro atoms. The van der Waals surface area contributed by atoms with Crippen LogP contribution in [0.15, 0.2) is 83.9 Å².